The molecule has 0 N–H and O–H groups in total. The molecule has 1 amide bonds. The van der Waals surface area contributed by atoms with Gasteiger partial charge in [-0.3, -0.25) is 4.79 Å². The van der Waals surface area contributed by atoms with Crippen molar-refractivity contribution in [2.75, 3.05) is 20.2 Å². The van der Waals surface area contributed by atoms with Gasteiger partial charge in [0.05, 0.1) is 7.11 Å². The van der Waals surface area contributed by atoms with E-state index in [1.807, 2.05) is 13.8 Å². The van der Waals surface area contributed by atoms with Gasteiger partial charge in [0, 0.05) is 13.1 Å². The van der Waals surface area contributed by atoms with E-state index in [4.69, 9.17) is 4.74 Å². The Morgan fingerprint density at radius 1 is 1.44 bits per heavy atom. The van der Waals surface area contributed by atoms with Crippen LogP contribution in [-0.4, -0.2) is 36.0 Å². The first kappa shape index (κ1) is 13.0. The molecule has 0 unspecified atom stereocenters. The second-order valence-corrected chi connectivity index (χ2v) is 3.97. The van der Waals surface area contributed by atoms with Crippen molar-refractivity contribution in [3.8, 4) is 5.75 Å². The van der Waals surface area contributed by atoms with Gasteiger partial charge in [-0.2, -0.15) is 0 Å². The fourth-order valence-electron chi connectivity index (χ4n) is 1.40. The summed E-state index contributed by atoms with van der Waals surface area (Å²) < 4.78 is 5.76. The standard InChI is InChI=1S/C11H15BrN2O2/c1-4-14(5-2)11(15)10-8(16-3)6-7-9(12)13-10/h6-7H,4-5H2,1-3H3. The molecule has 0 spiro atoms. The lowest BCUT2D eigenvalue weighted by Crippen LogP contribution is -2.31. The van der Waals surface area contributed by atoms with Crippen LogP contribution in [0.4, 0.5) is 0 Å². The van der Waals surface area contributed by atoms with E-state index in [2.05, 4.69) is 20.9 Å². The predicted octanol–water partition coefficient (Wildman–Crippen LogP) is 2.33. The molecule has 0 saturated carbocycles. The van der Waals surface area contributed by atoms with Crippen molar-refractivity contribution in [3.05, 3.63) is 22.4 Å². The van der Waals surface area contributed by atoms with Gasteiger partial charge in [0.25, 0.3) is 5.91 Å². The summed E-state index contributed by atoms with van der Waals surface area (Å²) in [6.45, 7) is 5.19. The van der Waals surface area contributed by atoms with E-state index in [1.54, 1.807) is 17.0 Å². The van der Waals surface area contributed by atoms with Crippen LogP contribution in [0.3, 0.4) is 0 Å². The number of amides is 1. The van der Waals surface area contributed by atoms with Crippen molar-refractivity contribution in [1.82, 2.24) is 9.88 Å². The summed E-state index contributed by atoms with van der Waals surface area (Å²) in [6.07, 6.45) is 0. The van der Waals surface area contributed by atoms with Crippen LogP contribution in [0.15, 0.2) is 16.7 Å². The molecule has 0 fully saturated rings. The summed E-state index contributed by atoms with van der Waals surface area (Å²) in [4.78, 5) is 18.0. The maximum absolute atomic E-state index is 12.1. The van der Waals surface area contributed by atoms with E-state index < -0.39 is 0 Å². The molecule has 0 atom stereocenters. The van der Waals surface area contributed by atoms with Crippen LogP contribution in [0.5, 0.6) is 5.75 Å². The third-order valence-electron chi connectivity index (χ3n) is 2.30. The van der Waals surface area contributed by atoms with Crippen molar-refractivity contribution in [3.63, 3.8) is 0 Å². The number of methoxy groups -OCH3 is 1. The molecule has 1 rings (SSSR count). The summed E-state index contributed by atoms with van der Waals surface area (Å²) in [7, 11) is 1.53. The number of hydrogen-bond acceptors (Lipinski definition) is 3. The third-order valence-corrected chi connectivity index (χ3v) is 2.74. The Morgan fingerprint density at radius 3 is 2.56 bits per heavy atom. The zero-order valence-corrected chi connectivity index (χ0v) is 11.2. The molecule has 0 saturated heterocycles. The molecule has 0 radical (unpaired) electrons. The van der Waals surface area contributed by atoms with Crippen molar-refractivity contribution in [1.29, 1.82) is 0 Å². The summed E-state index contributed by atoms with van der Waals surface area (Å²) >= 11 is 3.25. The highest BCUT2D eigenvalue weighted by Gasteiger charge is 2.19. The molecule has 0 aliphatic carbocycles. The van der Waals surface area contributed by atoms with Crippen LogP contribution in [0.2, 0.25) is 0 Å². The van der Waals surface area contributed by atoms with Gasteiger partial charge in [0.1, 0.15) is 10.4 Å². The summed E-state index contributed by atoms with van der Waals surface area (Å²) in [5.74, 6) is 0.392. The van der Waals surface area contributed by atoms with E-state index in [0.29, 0.717) is 29.1 Å². The normalized spacial score (nSPS) is 10.0. The van der Waals surface area contributed by atoms with Gasteiger partial charge in [-0.15, -0.1) is 0 Å². The second kappa shape index (κ2) is 5.84. The minimum Gasteiger partial charge on any atom is -0.494 e. The Labute approximate surface area is 104 Å². The van der Waals surface area contributed by atoms with Crippen LogP contribution in [0.1, 0.15) is 24.3 Å². The summed E-state index contributed by atoms with van der Waals surface area (Å²) in [5.41, 5.74) is 0.348. The highest BCUT2D eigenvalue weighted by atomic mass is 79.9. The number of halogens is 1. The Hall–Kier alpha value is -1.10. The van der Waals surface area contributed by atoms with Crippen LogP contribution in [-0.2, 0) is 0 Å². The van der Waals surface area contributed by atoms with Gasteiger partial charge in [0.2, 0.25) is 0 Å². The number of carbonyl (C=O) groups excluding carboxylic acids is 1. The van der Waals surface area contributed by atoms with E-state index in [1.165, 1.54) is 7.11 Å². The number of nitrogens with zero attached hydrogens (tertiary/aromatic N) is 2. The highest BCUT2D eigenvalue weighted by molar-refractivity contribution is 9.10. The summed E-state index contributed by atoms with van der Waals surface area (Å²) in [5, 5.41) is 0. The van der Waals surface area contributed by atoms with Gasteiger partial charge >= 0.3 is 0 Å². The van der Waals surface area contributed by atoms with Crippen molar-refractivity contribution in [2.45, 2.75) is 13.8 Å². The van der Waals surface area contributed by atoms with Crippen molar-refractivity contribution >= 4 is 21.8 Å². The molecule has 1 aromatic heterocycles. The first-order valence-corrected chi connectivity index (χ1v) is 5.93. The Morgan fingerprint density at radius 2 is 2.06 bits per heavy atom. The Balaban J connectivity index is 3.10. The molecular formula is C11H15BrN2O2. The average Bonchev–Trinajstić information content (AvgIpc) is 2.30. The number of aromatic nitrogens is 1. The molecule has 5 heteroatoms. The molecule has 0 aromatic carbocycles. The van der Waals surface area contributed by atoms with Crippen LogP contribution in [0.25, 0.3) is 0 Å². The first-order chi connectivity index (χ1) is 7.63. The average molecular weight is 287 g/mol. The highest BCUT2D eigenvalue weighted by Crippen LogP contribution is 2.20. The zero-order chi connectivity index (χ0) is 12.1. The monoisotopic (exact) mass is 286 g/mol. The number of carbonyl (C=O) groups is 1. The molecule has 0 aliphatic heterocycles. The van der Waals surface area contributed by atoms with Crippen LogP contribution >= 0.6 is 15.9 Å². The lowest BCUT2D eigenvalue weighted by molar-refractivity contribution is 0.0763. The third kappa shape index (κ3) is 2.72. The van der Waals surface area contributed by atoms with Gasteiger partial charge in [-0.25, -0.2) is 4.98 Å². The van der Waals surface area contributed by atoms with E-state index >= 15 is 0 Å². The minimum absolute atomic E-state index is 0.108. The van der Waals surface area contributed by atoms with Crippen LogP contribution in [0, 0.1) is 0 Å². The molecule has 1 aromatic rings. The Kier molecular flexibility index (Phi) is 4.73. The molecule has 16 heavy (non-hydrogen) atoms. The number of hydrogen-bond donors (Lipinski definition) is 0. The number of rotatable bonds is 4. The fourth-order valence-corrected chi connectivity index (χ4v) is 1.71. The maximum atomic E-state index is 12.1. The Bertz CT molecular complexity index is 378. The smallest absolute Gasteiger partial charge is 0.276 e. The fraction of sp³-hybridized carbons (Fsp3) is 0.455. The molecule has 1 heterocycles. The van der Waals surface area contributed by atoms with E-state index in [-0.39, 0.29) is 5.91 Å². The van der Waals surface area contributed by atoms with Crippen molar-refractivity contribution < 1.29 is 9.53 Å². The minimum atomic E-state index is -0.108. The van der Waals surface area contributed by atoms with Gasteiger partial charge < -0.3 is 9.64 Å². The van der Waals surface area contributed by atoms with Crippen molar-refractivity contribution in [2.24, 2.45) is 0 Å². The maximum Gasteiger partial charge on any atom is 0.276 e. The predicted molar refractivity (Wildman–Crippen MR) is 65.7 cm³/mol. The molecule has 0 bridgehead atoms. The summed E-state index contributed by atoms with van der Waals surface area (Å²) in [6, 6.07) is 3.48. The second-order valence-electron chi connectivity index (χ2n) is 3.16. The number of ether oxygens (including phenoxy) is 1. The van der Waals surface area contributed by atoms with Gasteiger partial charge in [0.15, 0.2) is 5.69 Å². The lowest BCUT2D eigenvalue weighted by atomic mass is 10.3. The molecule has 88 valence electrons. The topological polar surface area (TPSA) is 42.4 Å². The lowest BCUT2D eigenvalue weighted by Gasteiger charge is -2.19. The van der Waals surface area contributed by atoms with Gasteiger partial charge in [-0.05, 0) is 41.9 Å². The molecule has 0 aliphatic rings. The largest absolute Gasteiger partial charge is 0.494 e. The van der Waals surface area contributed by atoms with Crippen LogP contribution < -0.4 is 4.74 Å². The molecular weight excluding hydrogens is 272 g/mol. The first-order valence-electron chi connectivity index (χ1n) is 5.13. The van der Waals surface area contributed by atoms with E-state index in [0.717, 1.165) is 0 Å². The number of pyridine rings is 1. The SMILES string of the molecule is CCN(CC)C(=O)c1nc(Br)ccc1OC. The zero-order valence-electron chi connectivity index (χ0n) is 9.66. The molecule has 4 nitrogen and oxygen atoms in total. The van der Waals surface area contributed by atoms with E-state index in [9.17, 15) is 4.79 Å². The van der Waals surface area contributed by atoms with Gasteiger partial charge in [-0.1, -0.05) is 0 Å². The quantitative estimate of drug-likeness (QED) is 0.798.